The van der Waals surface area contributed by atoms with Crippen molar-refractivity contribution in [2.24, 2.45) is 0 Å². The highest BCUT2D eigenvalue weighted by molar-refractivity contribution is 7.13. The third-order valence-corrected chi connectivity index (χ3v) is 5.56. The second-order valence-corrected chi connectivity index (χ2v) is 7.35. The summed E-state index contributed by atoms with van der Waals surface area (Å²) >= 11 is 2.82. The molecule has 2 aromatic carbocycles. The lowest BCUT2D eigenvalue weighted by atomic mass is 10.2. The zero-order valence-corrected chi connectivity index (χ0v) is 15.6. The number of aromatic nitrogens is 2. The number of rotatable bonds is 5. The quantitative estimate of drug-likeness (QED) is 0.422. The van der Waals surface area contributed by atoms with Gasteiger partial charge in [0.15, 0.2) is 5.69 Å². The Morgan fingerprint density at radius 2 is 1.56 bits per heavy atom. The fourth-order valence-electron chi connectivity index (χ4n) is 2.39. The lowest BCUT2D eigenvalue weighted by Gasteiger charge is -2.00. The lowest BCUT2D eigenvalue weighted by Crippen LogP contribution is -2.05. The van der Waals surface area contributed by atoms with Crippen LogP contribution in [0.3, 0.4) is 0 Å². The minimum atomic E-state index is -0.482. The Morgan fingerprint density at radius 1 is 0.889 bits per heavy atom. The van der Waals surface area contributed by atoms with Crippen molar-refractivity contribution in [3.63, 3.8) is 0 Å². The molecule has 2 aromatic heterocycles. The van der Waals surface area contributed by atoms with Crippen LogP contribution < -0.4 is 0 Å². The van der Waals surface area contributed by atoms with Gasteiger partial charge in [-0.3, -0.25) is 0 Å². The zero-order valence-electron chi connectivity index (χ0n) is 14.0. The summed E-state index contributed by atoms with van der Waals surface area (Å²) in [6.07, 6.45) is 0. The van der Waals surface area contributed by atoms with Gasteiger partial charge in [0, 0.05) is 21.9 Å². The van der Waals surface area contributed by atoms with Crippen LogP contribution in [0.4, 0.5) is 4.39 Å². The van der Waals surface area contributed by atoms with E-state index in [9.17, 15) is 9.18 Å². The molecule has 7 heteroatoms. The van der Waals surface area contributed by atoms with Crippen LogP contribution in [-0.2, 0) is 11.3 Å². The summed E-state index contributed by atoms with van der Waals surface area (Å²) in [5.74, 6) is -0.771. The molecule has 0 saturated carbocycles. The summed E-state index contributed by atoms with van der Waals surface area (Å²) in [6.45, 7) is 0.0642. The van der Waals surface area contributed by atoms with Crippen LogP contribution in [0, 0.1) is 5.82 Å². The van der Waals surface area contributed by atoms with E-state index in [2.05, 4.69) is 9.97 Å². The smallest absolute Gasteiger partial charge is 0.358 e. The van der Waals surface area contributed by atoms with Gasteiger partial charge in [0.25, 0.3) is 0 Å². The molecule has 0 aliphatic rings. The molecule has 0 saturated heterocycles. The molecule has 0 amide bonds. The molecule has 0 N–H and O–H groups in total. The third kappa shape index (κ3) is 4.10. The molecule has 0 atom stereocenters. The number of hydrogen-bond donors (Lipinski definition) is 0. The molecule has 0 fully saturated rings. The second-order valence-electron chi connectivity index (χ2n) is 5.63. The Morgan fingerprint density at radius 3 is 2.33 bits per heavy atom. The number of ether oxygens (including phenoxy) is 1. The molecular weight excluding hydrogens is 383 g/mol. The number of hydrogen-bond acceptors (Lipinski definition) is 6. The molecule has 134 valence electrons. The SMILES string of the molecule is O=C(OCc1csc(-c2ccc(F)cc2)n1)c1csc(-c2ccccc2)n1. The summed E-state index contributed by atoms with van der Waals surface area (Å²) in [7, 11) is 0. The maximum Gasteiger partial charge on any atom is 0.358 e. The Labute approximate surface area is 162 Å². The summed E-state index contributed by atoms with van der Waals surface area (Å²) in [5, 5.41) is 5.04. The first-order valence-corrected chi connectivity index (χ1v) is 9.83. The monoisotopic (exact) mass is 396 g/mol. The predicted molar refractivity (Wildman–Crippen MR) is 104 cm³/mol. The number of thiazole rings is 2. The van der Waals surface area contributed by atoms with Crippen molar-refractivity contribution < 1.29 is 13.9 Å². The van der Waals surface area contributed by atoms with Gasteiger partial charge in [0.05, 0.1) is 5.69 Å². The molecule has 0 spiro atoms. The van der Waals surface area contributed by atoms with Crippen LogP contribution in [0.2, 0.25) is 0 Å². The highest BCUT2D eigenvalue weighted by atomic mass is 32.1. The van der Waals surface area contributed by atoms with Crippen LogP contribution in [0.15, 0.2) is 65.4 Å². The van der Waals surface area contributed by atoms with Crippen LogP contribution in [-0.4, -0.2) is 15.9 Å². The van der Waals surface area contributed by atoms with Crippen LogP contribution in [0.5, 0.6) is 0 Å². The molecular formula is C20H13FN2O2S2. The second kappa shape index (κ2) is 7.77. The number of carbonyl (C=O) groups excluding carboxylic acids is 1. The predicted octanol–water partition coefficient (Wildman–Crippen LogP) is 5.43. The highest BCUT2D eigenvalue weighted by Gasteiger charge is 2.14. The minimum Gasteiger partial charge on any atom is -0.454 e. The van der Waals surface area contributed by atoms with Gasteiger partial charge in [-0.25, -0.2) is 19.2 Å². The fraction of sp³-hybridized carbons (Fsp3) is 0.0500. The standard InChI is InChI=1S/C20H13FN2O2S2/c21-15-8-6-14(7-9-15)18-22-16(11-26-18)10-25-20(24)17-12-27-19(23-17)13-4-2-1-3-5-13/h1-9,11-12H,10H2. The van der Waals surface area contributed by atoms with E-state index in [0.29, 0.717) is 5.69 Å². The normalized spacial score (nSPS) is 10.7. The molecule has 4 rings (SSSR count). The van der Waals surface area contributed by atoms with Gasteiger partial charge in [-0.2, -0.15) is 0 Å². The van der Waals surface area contributed by atoms with Gasteiger partial charge in [-0.1, -0.05) is 30.3 Å². The molecule has 0 aliphatic heterocycles. The average molecular weight is 396 g/mol. The molecule has 2 heterocycles. The fourth-order valence-corrected chi connectivity index (χ4v) is 4.00. The topological polar surface area (TPSA) is 52.1 Å². The van der Waals surface area contributed by atoms with E-state index >= 15 is 0 Å². The van der Waals surface area contributed by atoms with Crippen LogP contribution >= 0.6 is 22.7 Å². The molecule has 0 bridgehead atoms. The summed E-state index contributed by atoms with van der Waals surface area (Å²) in [4.78, 5) is 21.0. The first kappa shape index (κ1) is 17.5. The van der Waals surface area contributed by atoms with E-state index in [0.717, 1.165) is 21.1 Å². The van der Waals surface area contributed by atoms with Crippen molar-refractivity contribution in [3.8, 4) is 21.1 Å². The summed E-state index contributed by atoms with van der Waals surface area (Å²) in [6, 6.07) is 15.8. The largest absolute Gasteiger partial charge is 0.454 e. The van der Waals surface area contributed by atoms with Crippen molar-refractivity contribution in [1.82, 2.24) is 9.97 Å². The molecule has 4 nitrogen and oxygen atoms in total. The van der Waals surface area contributed by atoms with Crippen molar-refractivity contribution in [2.75, 3.05) is 0 Å². The van der Waals surface area contributed by atoms with Crippen molar-refractivity contribution in [2.45, 2.75) is 6.61 Å². The third-order valence-electron chi connectivity index (χ3n) is 3.73. The summed E-state index contributed by atoms with van der Waals surface area (Å²) in [5.41, 5.74) is 2.72. The molecule has 27 heavy (non-hydrogen) atoms. The average Bonchev–Trinajstić information content (AvgIpc) is 3.37. The lowest BCUT2D eigenvalue weighted by molar-refractivity contribution is 0.0462. The van der Waals surface area contributed by atoms with Gasteiger partial charge >= 0.3 is 5.97 Å². The van der Waals surface area contributed by atoms with E-state index in [-0.39, 0.29) is 18.1 Å². The van der Waals surface area contributed by atoms with Crippen LogP contribution in [0.1, 0.15) is 16.2 Å². The summed E-state index contributed by atoms with van der Waals surface area (Å²) < 4.78 is 18.3. The molecule has 0 radical (unpaired) electrons. The Kier molecular flexibility index (Phi) is 5.04. The first-order chi connectivity index (χ1) is 13.2. The van der Waals surface area contributed by atoms with E-state index in [1.54, 1.807) is 17.5 Å². The Bertz CT molecular complexity index is 1060. The maximum atomic E-state index is 13.0. The van der Waals surface area contributed by atoms with E-state index < -0.39 is 5.97 Å². The zero-order chi connectivity index (χ0) is 18.6. The Hall–Kier alpha value is -2.90. The van der Waals surface area contributed by atoms with Crippen molar-refractivity contribution in [3.05, 3.63) is 82.6 Å². The van der Waals surface area contributed by atoms with E-state index in [1.807, 2.05) is 35.7 Å². The minimum absolute atomic E-state index is 0.0642. The van der Waals surface area contributed by atoms with Crippen LogP contribution in [0.25, 0.3) is 21.1 Å². The number of nitrogens with zero attached hydrogens (tertiary/aromatic N) is 2. The number of benzene rings is 2. The first-order valence-electron chi connectivity index (χ1n) is 8.07. The van der Waals surface area contributed by atoms with Gasteiger partial charge < -0.3 is 4.74 Å². The maximum absolute atomic E-state index is 13.0. The van der Waals surface area contributed by atoms with E-state index in [1.165, 1.54) is 34.8 Å². The molecule has 4 aromatic rings. The van der Waals surface area contributed by atoms with E-state index in [4.69, 9.17) is 4.74 Å². The van der Waals surface area contributed by atoms with Gasteiger partial charge in [0.2, 0.25) is 0 Å². The van der Waals surface area contributed by atoms with Gasteiger partial charge in [0.1, 0.15) is 22.4 Å². The van der Waals surface area contributed by atoms with Crippen molar-refractivity contribution >= 4 is 28.6 Å². The highest BCUT2D eigenvalue weighted by Crippen LogP contribution is 2.25. The number of halogens is 1. The van der Waals surface area contributed by atoms with Gasteiger partial charge in [-0.15, -0.1) is 22.7 Å². The molecule has 0 unspecified atom stereocenters. The number of carbonyl (C=O) groups is 1. The van der Waals surface area contributed by atoms with Crippen molar-refractivity contribution in [1.29, 1.82) is 0 Å². The van der Waals surface area contributed by atoms with Gasteiger partial charge in [-0.05, 0) is 24.3 Å². The Balaban J connectivity index is 1.40. The number of esters is 1. The molecule has 0 aliphatic carbocycles.